The van der Waals surface area contributed by atoms with Crippen molar-refractivity contribution in [2.75, 3.05) is 5.32 Å². The SMILES string of the molecule is CCC1CCC(Nc2c(F)cc(C#N)cc2F)CC1. The zero-order valence-electron chi connectivity index (χ0n) is 11.0. The molecule has 0 saturated heterocycles. The number of benzene rings is 1. The maximum atomic E-state index is 13.7. The van der Waals surface area contributed by atoms with Crippen molar-refractivity contribution in [3.05, 3.63) is 29.3 Å². The van der Waals surface area contributed by atoms with Crippen molar-refractivity contribution >= 4 is 5.69 Å². The van der Waals surface area contributed by atoms with E-state index in [9.17, 15) is 8.78 Å². The second kappa shape index (κ2) is 6.01. The molecule has 0 unspecified atom stereocenters. The normalized spacial score (nSPS) is 22.8. The summed E-state index contributed by atoms with van der Waals surface area (Å²) in [6.07, 6.45) is 5.27. The Kier molecular flexibility index (Phi) is 4.36. The Bertz CT molecular complexity index is 462. The average molecular weight is 264 g/mol. The van der Waals surface area contributed by atoms with Crippen LogP contribution >= 0.6 is 0 Å². The van der Waals surface area contributed by atoms with E-state index in [1.54, 1.807) is 6.07 Å². The summed E-state index contributed by atoms with van der Waals surface area (Å²) < 4.78 is 27.5. The maximum absolute atomic E-state index is 13.7. The smallest absolute Gasteiger partial charge is 0.150 e. The molecular formula is C15H18F2N2. The lowest BCUT2D eigenvalue weighted by Crippen LogP contribution is -2.26. The molecule has 0 aliphatic heterocycles. The van der Waals surface area contributed by atoms with Gasteiger partial charge in [0, 0.05) is 6.04 Å². The summed E-state index contributed by atoms with van der Waals surface area (Å²) in [5, 5.41) is 11.6. The van der Waals surface area contributed by atoms with E-state index in [0.717, 1.165) is 43.7 Å². The lowest BCUT2D eigenvalue weighted by atomic mass is 9.84. The molecule has 1 aromatic carbocycles. The summed E-state index contributed by atoms with van der Waals surface area (Å²) in [5.41, 5.74) is -0.0887. The van der Waals surface area contributed by atoms with Gasteiger partial charge in [-0.3, -0.25) is 0 Å². The molecule has 0 heterocycles. The van der Waals surface area contributed by atoms with E-state index in [-0.39, 0.29) is 17.3 Å². The van der Waals surface area contributed by atoms with Gasteiger partial charge in [-0.15, -0.1) is 0 Å². The van der Waals surface area contributed by atoms with E-state index in [1.807, 2.05) is 0 Å². The highest BCUT2D eigenvalue weighted by atomic mass is 19.1. The van der Waals surface area contributed by atoms with Crippen molar-refractivity contribution in [2.45, 2.75) is 45.1 Å². The molecule has 0 aromatic heterocycles. The van der Waals surface area contributed by atoms with Gasteiger partial charge in [0.15, 0.2) is 11.6 Å². The second-order valence-electron chi connectivity index (χ2n) is 5.20. The fourth-order valence-electron chi connectivity index (χ4n) is 2.69. The van der Waals surface area contributed by atoms with E-state index in [0.29, 0.717) is 0 Å². The molecule has 1 aliphatic carbocycles. The minimum atomic E-state index is -0.686. The van der Waals surface area contributed by atoms with Gasteiger partial charge in [0.25, 0.3) is 0 Å². The highest BCUT2D eigenvalue weighted by Crippen LogP contribution is 2.30. The van der Waals surface area contributed by atoms with Gasteiger partial charge in [-0.1, -0.05) is 13.3 Å². The lowest BCUT2D eigenvalue weighted by Gasteiger charge is -2.29. The standard InChI is InChI=1S/C15H18F2N2/c1-2-10-3-5-12(6-4-10)19-15-13(16)7-11(9-18)8-14(15)17/h7-8,10,12,19H,2-6H2,1H3. The van der Waals surface area contributed by atoms with Crippen LogP contribution in [0, 0.1) is 28.9 Å². The van der Waals surface area contributed by atoms with E-state index < -0.39 is 11.6 Å². The molecule has 1 N–H and O–H groups in total. The number of hydrogen-bond acceptors (Lipinski definition) is 2. The first-order chi connectivity index (χ1) is 9.13. The van der Waals surface area contributed by atoms with Crippen LogP contribution in [0.15, 0.2) is 12.1 Å². The predicted molar refractivity (Wildman–Crippen MR) is 70.7 cm³/mol. The Morgan fingerprint density at radius 2 is 1.79 bits per heavy atom. The summed E-state index contributed by atoms with van der Waals surface area (Å²) in [6.45, 7) is 2.18. The number of nitrogens with zero attached hydrogens (tertiary/aromatic N) is 1. The van der Waals surface area contributed by atoms with E-state index >= 15 is 0 Å². The van der Waals surface area contributed by atoms with Gasteiger partial charge in [-0.05, 0) is 43.7 Å². The molecular weight excluding hydrogens is 246 g/mol. The third-order valence-corrected chi connectivity index (χ3v) is 3.94. The van der Waals surface area contributed by atoms with E-state index in [4.69, 9.17) is 5.26 Å². The van der Waals surface area contributed by atoms with Crippen LogP contribution in [0.1, 0.15) is 44.6 Å². The van der Waals surface area contributed by atoms with Crippen molar-refractivity contribution in [3.8, 4) is 6.07 Å². The summed E-state index contributed by atoms with van der Waals surface area (Å²) in [7, 11) is 0. The fourth-order valence-corrected chi connectivity index (χ4v) is 2.69. The third kappa shape index (κ3) is 3.23. The van der Waals surface area contributed by atoms with Gasteiger partial charge in [0.1, 0.15) is 5.69 Å². The summed E-state index contributed by atoms with van der Waals surface area (Å²) >= 11 is 0. The molecule has 0 spiro atoms. The van der Waals surface area contributed by atoms with Gasteiger partial charge in [0.2, 0.25) is 0 Å². The summed E-state index contributed by atoms with van der Waals surface area (Å²) in [4.78, 5) is 0. The Hall–Kier alpha value is -1.63. The van der Waals surface area contributed by atoms with Crippen molar-refractivity contribution < 1.29 is 8.78 Å². The van der Waals surface area contributed by atoms with E-state index in [1.165, 1.54) is 6.42 Å². The van der Waals surface area contributed by atoms with Crippen molar-refractivity contribution in [3.63, 3.8) is 0 Å². The molecule has 0 amide bonds. The molecule has 19 heavy (non-hydrogen) atoms. The van der Waals surface area contributed by atoms with E-state index in [2.05, 4.69) is 12.2 Å². The number of halogens is 2. The first-order valence-electron chi connectivity index (χ1n) is 6.79. The molecule has 1 fully saturated rings. The van der Waals surface area contributed by atoms with Crippen LogP contribution in [0.4, 0.5) is 14.5 Å². The molecule has 2 nitrogen and oxygen atoms in total. The monoisotopic (exact) mass is 264 g/mol. The molecule has 1 aliphatic rings. The van der Waals surface area contributed by atoms with Crippen molar-refractivity contribution in [2.24, 2.45) is 5.92 Å². The zero-order chi connectivity index (χ0) is 13.8. The van der Waals surface area contributed by atoms with Crippen molar-refractivity contribution in [1.82, 2.24) is 0 Å². The Morgan fingerprint density at radius 1 is 1.21 bits per heavy atom. The molecule has 0 bridgehead atoms. The largest absolute Gasteiger partial charge is 0.378 e. The molecule has 1 saturated carbocycles. The number of nitrogens with one attached hydrogen (secondary N) is 1. The van der Waals surface area contributed by atoms with Crippen LogP contribution in [0.3, 0.4) is 0 Å². The van der Waals surface area contributed by atoms with Gasteiger partial charge < -0.3 is 5.32 Å². The van der Waals surface area contributed by atoms with Crippen LogP contribution in [0.5, 0.6) is 0 Å². The minimum Gasteiger partial charge on any atom is -0.378 e. The van der Waals surface area contributed by atoms with Gasteiger partial charge in [-0.2, -0.15) is 5.26 Å². The van der Waals surface area contributed by atoms with Crippen LogP contribution in [-0.2, 0) is 0 Å². The first kappa shape index (κ1) is 13.8. The molecule has 1 aromatic rings. The second-order valence-corrected chi connectivity index (χ2v) is 5.20. The first-order valence-corrected chi connectivity index (χ1v) is 6.79. The highest BCUT2D eigenvalue weighted by Gasteiger charge is 2.22. The molecule has 0 atom stereocenters. The minimum absolute atomic E-state index is 0.00948. The molecule has 4 heteroatoms. The van der Waals surface area contributed by atoms with Crippen molar-refractivity contribution in [1.29, 1.82) is 5.26 Å². The quantitative estimate of drug-likeness (QED) is 0.887. The van der Waals surface area contributed by atoms with Crippen LogP contribution in [-0.4, -0.2) is 6.04 Å². The molecule has 102 valence electrons. The van der Waals surface area contributed by atoms with Gasteiger partial charge >= 0.3 is 0 Å². The van der Waals surface area contributed by atoms with Gasteiger partial charge in [0.05, 0.1) is 11.6 Å². The zero-order valence-corrected chi connectivity index (χ0v) is 11.0. The van der Waals surface area contributed by atoms with Crippen LogP contribution in [0.2, 0.25) is 0 Å². The number of nitriles is 1. The Balaban J connectivity index is 2.06. The highest BCUT2D eigenvalue weighted by molar-refractivity contribution is 5.51. The predicted octanol–water partition coefficient (Wildman–Crippen LogP) is 4.22. The van der Waals surface area contributed by atoms with Gasteiger partial charge in [-0.25, -0.2) is 8.78 Å². The fraction of sp³-hybridized carbons (Fsp3) is 0.533. The third-order valence-electron chi connectivity index (χ3n) is 3.94. The Labute approximate surface area is 112 Å². The van der Waals surface area contributed by atoms with Crippen LogP contribution in [0.25, 0.3) is 0 Å². The summed E-state index contributed by atoms with van der Waals surface area (Å²) in [6, 6.07) is 4.01. The average Bonchev–Trinajstić information content (AvgIpc) is 2.43. The molecule has 0 radical (unpaired) electrons. The molecule has 2 rings (SSSR count). The number of anilines is 1. The topological polar surface area (TPSA) is 35.8 Å². The van der Waals surface area contributed by atoms with Crippen LogP contribution < -0.4 is 5.32 Å². The number of hydrogen-bond donors (Lipinski definition) is 1. The Morgan fingerprint density at radius 3 is 2.26 bits per heavy atom. The number of rotatable bonds is 3. The summed E-state index contributed by atoms with van der Waals surface area (Å²) in [5.74, 6) is -0.628. The maximum Gasteiger partial charge on any atom is 0.150 e. The lowest BCUT2D eigenvalue weighted by molar-refractivity contribution is 0.329.